The van der Waals surface area contributed by atoms with Crippen molar-refractivity contribution in [3.63, 3.8) is 0 Å². The topological polar surface area (TPSA) is 87.6 Å². The maximum Gasteiger partial charge on any atom is 0.400 e. The van der Waals surface area contributed by atoms with E-state index in [1.54, 1.807) is 0 Å². The predicted octanol–water partition coefficient (Wildman–Crippen LogP) is 2.02. The zero-order chi connectivity index (χ0) is 10.3. The van der Waals surface area contributed by atoms with Gasteiger partial charge >= 0.3 is 10.4 Å². The van der Waals surface area contributed by atoms with E-state index in [1.807, 2.05) is 20.8 Å². The number of rotatable bonds is 7. The highest BCUT2D eigenvalue weighted by Crippen LogP contribution is 2.08. The van der Waals surface area contributed by atoms with Crippen LogP contribution in [0.2, 0.25) is 0 Å². The monoisotopic (exact) mass is 227 g/mol. The van der Waals surface area contributed by atoms with Crippen LogP contribution in [-0.4, -0.2) is 21.1 Å². The van der Waals surface area contributed by atoms with Crippen molar-refractivity contribution in [3.05, 3.63) is 0 Å². The first kappa shape index (κ1) is 16.3. The van der Waals surface area contributed by atoms with Crippen LogP contribution in [0.5, 0.6) is 0 Å². The highest BCUT2D eigenvalue weighted by Gasteiger charge is 2.16. The molecule has 0 aromatic heterocycles. The van der Waals surface area contributed by atoms with Crippen molar-refractivity contribution in [3.8, 4) is 0 Å². The van der Waals surface area contributed by atoms with Crippen LogP contribution < -0.4 is 6.15 Å². The second-order valence-electron chi connectivity index (χ2n) is 2.76. The summed E-state index contributed by atoms with van der Waals surface area (Å²) in [4.78, 5) is 0. The highest BCUT2D eigenvalue weighted by molar-refractivity contribution is 7.81. The van der Waals surface area contributed by atoms with Gasteiger partial charge in [-0.3, -0.25) is 0 Å². The molecule has 0 saturated heterocycles. The summed E-state index contributed by atoms with van der Waals surface area (Å²) in [6.45, 7) is 5.78. The lowest BCUT2D eigenvalue weighted by Crippen LogP contribution is -2.19. The third kappa shape index (κ3) is 7.25. The van der Waals surface area contributed by atoms with Crippen molar-refractivity contribution in [1.82, 2.24) is 6.15 Å². The van der Waals surface area contributed by atoms with Gasteiger partial charge in [-0.1, -0.05) is 20.8 Å². The molecular weight excluding hydrogens is 206 g/mol. The van der Waals surface area contributed by atoms with E-state index in [0.29, 0.717) is 19.3 Å². The highest BCUT2D eigenvalue weighted by atomic mass is 32.3. The van der Waals surface area contributed by atoms with Crippen LogP contribution in [0.25, 0.3) is 0 Å². The van der Waals surface area contributed by atoms with Crippen LogP contribution in [0.15, 0.2) is 0 Å². The van der Waals surface area contributed by atoms with Gasteiger partial charge in [0.05, 0.1) is 12.7 Å². The minimum Gasteiger partial charge on any atom is -0.344 e. The van der Waals surface area contributed by atoms with E-state index in [0.717, 1.165) is 0 Å². The molecule has 3 N–H and O–H groups in total. The van der Waals surface area contributed by atoms with Crippen molar-refractivity contribution in [2.75, 3.05) is 6.61 Å². The fourth-order valence-electron chi connectivity index (χ4n) is 0.805. The maximum atomic E-state index is 11.1. The first-order chi connectivity index (χ1) is 6.05. The molecule has 0 aromatic carbocycles. The Bertz CT molecular complexity index is 211. The minimum atomic E-state index is -3.77. The summed E-state index contributed by atoms with van der Waals surface area (Å²) in [6.07, 6.45) is 1.74. The van der Waals surface area contributed by atoms with Gasteiger partial charge < -0.3 is 6.15 Å². The first-order valence-electron chi connectivity index (χ1n) is 4.63. The Kier molecular flexibility index (Phi) is 9.49. The van der Waals surface area contributed by atoms with E-state index >= 15 is 0 Å². The molecule has 0 radical (unpaired) electrons. The Balaban J connectivity index is 0. The standard InChI is InChI=1S/C8H18O4S.H3N/c1-4-7-11-13(9,10)12-8(5-2)6-3;/h8H,4-7H2,1-3H3;1H3. The van der Waals surface area contributed by atoms with Gasteiger partial charge in [-0.15, -0.1) is 0 Å². The Hall–Kier alpha value is -0.170. The fraction of sp³-hybridized carbons (Fsp3) is 1.00. The molecule has 0 aliphatic carbocycles. The number of hydrogen-bond acceptors (Lipinski definition) is 5. The van der Waals surface area contributed by atoms with E-state index in [4.69, 9.17) is 4.18 Å². The molecule has 0 fully saturated rings. The largest absolute Gasteiger partial charge is 0.400 e. The SMILES string of the molecule is CCCOS(=O)(=O)OC(CC)CC.N. The van der Waals surface area contributed by atoms with Gasteiger partial charge in [-0.25, -0.2) is 8.37 Å². The van der Waals surface area contributed by atoms with Gasteiger partial charge in [0.2, 0.25) is 0 Å². The summed E-state index contributed by atoms with van der Waals surface area (Å²) in [5.74, 6) is 0. The molecule has 0 bridgehead atoms. The second-order valence-corrected chi connectivity index (χ2v) is 4.01. The normalized spacial score (nSPS) is 11.4. The van der Waals surface area contributed by atoms with Gasteiger partial charge in [0.1, 0.15) is 0 Å². The van der Waals surface area contributed by atoms with E-state index in [2.05, 4.69) is 4.18 Å². The Morgan fingerprint density at radius 3 is 2.00 bits per heavy atom. The Labute approximate surface area is 86.7 Å². The fourth-order valence-corrected chi connectivity index (χ4v) is 1.84. The van der Waals surface area contributed by atoms with Crippen molar-refractivity contribution in [1.29, 1.82) is 0 Å². The summed E-state index contributed by atoms with van der Waals surface area (Å²) >= 11 is 0. The predicted molar refractivity (Wildman–Crippen MR) is 55.6 cm³/mol. The van der Waals surface area contributed by atoms with E-state index in [1.165, 1.54) is 0 Å². The van der Waals surface area contributed by atoms with Gasteiger partial charge in [-0.05, 0) is 19.3 Å². The Morgan fingerprint density at radius 1 is 1.14 bits per heavy atom. The summed E-state index contributed by atoms with van der Waals surface area (Å²) < 4.78 is 31.5. The van der Waals surface area contributed by atoms with Gasteiger partial charge in [0.15, 0.2) is 0 Å². The van der Waals surface area contributed by atoms with Crippen LogP contribution in [0, 0.1) is 0 Å². The van der Waals surface area contributed by atoms with E-state index in [-0.39, 0.29) is 18.9 Å². The average Bonchev–Trinajstić information content (AvgIpc) is 2.11. The quantitative estimate of drug-likeness (QED) is 0.719. The molecule has 88 valence electrons. The molecule has 0 atom stereocenters. The minimum absolute atomic E-state index is 0. The smallest absolute Gasteiger partial charge is 0.344 e. The zero-order valence-corrected chi connectivity index (χ0v) is 9.97. The summed E-state index contributed by atoms with van der Waals surface area (Å²) in [7, 11) is -3.77. The third-order valence-electron chi connectivity index (χ3n) is 1.60. The van der Waals surface area contributed by atoms with E-state index in [9.17, 15) is 8.42 Å². The third-order valence-corrected chi connectivity index (χ3v) is 2.56. The van der Waals surface area contributed by atoms with Gasteiger partial charge in [-0.2, -0.15) is 8.42 Å². The lowest BCUT2D eigenvalue weighted by Gasteiger charge is -2.12. The van der Waals surface area contributed by atoms with Crippen molar-refractivity contribution in [2.45, 2.75) is 46.1 Å². The van der Waals surface area contributed by atoms with Gasteiger partial charge in [0, 0.05) is 0 Å². The Morgan fingerprint density at radius 2 is 1.64 bits per heavy atom. The molecule has 6 heteroatoms. The summed E-state index contributed by atoms with van der Waals surface area (Å²) in [5.41, 5.74) is 0. The van der Waals surface area contributed by atoms with Crippen LogP contribution in [-0.2, 0) is 18.8 Å². The molecule has 0 saturated carbocycles. The summed E-state index contributed by atoms with van der Waals surface area (Å²) in [6, 6.07) is 0. The molecule has 0 spiro atoms. The van der Waals surface area contributed by atoms with Crippen molar-refractivity contribution in [2.24, 2.45) is 0 Å². The van der Waals surface area contributed by atoms with Crippen LogP contribution >= 0.6 is 0 Å². The molecule has 0 aliphatic rings. The molecule has 0 amide bonds. The lowest BCUT2D eigenvalue weighted by molar-refractivity contribution is 0.150. The van der Waals surface area contributed by atoms with Crippen molar-refractivity contribution < 1.29 is 16.8 Å². The lowest BCUT2D eigenvalue weighted by atomic mass is 10.2. The molecule has 0 unspecified atom stereocenters. The van der Waals surface area contributed by atoms with Gasteiger partial charge in [0.25, 0.3) is 0 Å². The van der Waals surface area contributed by atoms with Crippen LogP contribution in [0.3, 0.4) is 0 Å². The molecular formula is C8H21NO4S. The van der Waals surface area contributed by atoms with Crippen LogP contribution in [0.4, 0.5) is 0 Å². The first-order valence-corrected chi connectivity index (χ1v) is 5.96. The van der Waals surface area contributed by atoms with E-state index < -0.39 is 10.4 Å². The summed E-state index contributed by atoms with van der Waals surface area (Å²) in [5, 5.41) is 0. The second kappa shape index (κ2) is 8.16. The molecule has 0 rings (SSSR count). The van der Waals surface area contributed by atoms with Crippen LogP contribution in [0.1, 0.15) is 40.0 Å². The van der Waals surface area contributed by atoms with Crippen molar-refractivity contribution >= 4 is 10.4 Å². The molecule has 0 aromatic rings. The average molecular weight is 227 g/mol. The maximum absolute atomic E-state index is 11.1. The molecule has 0 aliphatic heterocycles. The zero-order valence-electron chi connectivity index (χ0n) is 9.15. The molecule has 5 nitrogen and oxygen atoms in total. The number of hydrogen-bond donors (Lipinski definition) is 1. The molecule has 0 heterocycles. The molecule has 14 heavy (non-hydrogen) atoms.